The molecule has 0 saturated carbocycles. The van der Waals surface area contributed by atoms with E-state index in [0.717, 1.165) is 4.34 Å². The quantitative estimate of drug-likeness (QED) is 0.571. The molecule has 0 nitrogen and oxygen atoms in total. The van der Waals surface area contributed by atoms with E-state index in [1.165, 1.54) is 16.0 Å². The molecular weight excluding hydrogens is 328 g/mol. The second kappa shape index (κ2) is 5.36. The van der Waals surface area contributed by atoms with Gasteiger partial charge in [-0.1, -0.05) is 72.6 Å². The Balaban J connectivity index is 2.45. The van der Waals surface area contributed by atoms with Crippen LogP contribution in [0.5, 0.6) is 0 Å². The molecule has 0 aliphatic heterocycles. The lowest BCUT2D eigenvalue weighted by atomic mass is 9.83. The van der Waals surface area contributed by atoms with Gasteiger partial charge in [0, 0.05) is 4.88 Å². The van der Waals surface area contributed by atoms with Crippen LogP contribution in [0.15, 0.2) is 36.4 Å². The number of benzene rings is 1. The van der Waals surface area contributed by atoms with Gasteiger partial charge in [-0.3, -0.25) is 0 Å². The fourth-order valence-electron chi connectivity index (χ4n) is 2.02. The zero-order chi connectivity index (χ0) is 13.3. The Morgan fingerprint density at radius 1 is 1.11 bits per heavy atom. The first-order valence-electron chi connectivity index (χ1n) is 5.88. The Labute approximate surface area is 126 Å². The van der Waals surface area contributed by atoms with Gasteiger partial charge >= 0.3 is 0 Å². The molecule has 2 aromatic rings. The Hall–Kier alpha value is -0.310. The van der Waals surface area contributed by atoms with Crippen molar-refractivity contribution in [3.05, 3.63) is 56.7 Å². The van der Waals surface area contributed by atoms with Gasteiger partial charge in [0.05, 0.1) is 9.16 Å². The molecule has 0 aliphatic rings. The average Bonchev–Trinajstić information content (AvgIpc) is 2.74. The molecule has 0 radical (unpaired) electrons. The van der Waals surface area contributed by atoms with Gasteiger partial charge < -0.3 is 0 Å². The van der Waals surface area contributed by atoms with Crippen LogP contribution in [-0.2, 0) is 5.41 Å². The third-order valence-corrected chi connectivity index (χ3v) is 5.47. The highest BCUT2D eigenvalue weighted by Crippen LogP contribution is 2.40. The number of rotatable bonds is 2. The van der Waals surface area contributed by atoms with Crippen molar-refractivity contribution in [3.63, 3.8) is 0 Å². The molecule has 0 N–H and O–H groups in total. The summed E-state index contributed by atoms with van der Waals surface area (Å²) in [4.78, 5) is 1.46. The molecule has 2 rings (SSSR count). The van der Waals surface area contributed by atoms with E-state index in [9.17, 15) is 0 Å². The molecule has 0 fully saturated rings. The Kier molecular flexibility index (Phi) is 4.20. The van der Waals surface area contributed by atoms with Crippen LogP contribution in [0, 0.1) is 0 Å². The maximum absolute atomic E-state index is 6.02. The summed E-state index contributed by atoms with van der Waals surface area (Å²) < 4.78 is 0.836. The molecule has 1 aromatic heterocycles. The first-order valence-corrected chi connectivity index (χ1v) is 7.99. The minimum Gasteiger partial charge on any atom is -0.127 e. The summed E-state index contributed by atoms with van der Waals surface area (Å²) in [5.74, 6) is 0. The molecule has 0 saturated heterocycles. The number of halogens is 2. The molecule has 0 spiro atoms. The van der Waals surface area contributed by atoms with Crippen LogP contribution in [0.25, 0.3) is 0 Å². The Bertz CT molecular complexity index is 539. The average molecular weight is 344 g/mol. The number of alkyl halides is 1. The molecule has 1 unspecified atom stereocenters. The van der Waals surface area contributed by atoms with Gasteiger partial charge in [0.15, 0.2) is 0 Å². The van der Waals surface area contributed by atoms with Crippen molar-refractivity contribution < 1.29 is 0 Å². The summed E-state index contributed by atoms with van der Waals surface area (Å²) in [6, 6.07) is 12.6. The SMILES string of the molecule is CC(C)(C)c1ccccc1C(Br)c1ccc(Cl)s1. The summed E-state index contributed by atoms with van der Waals surface area (Å²) >= 11 is 11.5. The zero-order valence-electron chi connectivity index (χ0n) is 10.7. The molecular formula is C15H16BrClS. The first-order chi connectivity index (χ1) is 8.39. The van der Waals surface area contributed by atoms with Gasteiger partial charge in [0.1, 0.15) is 0 Å². The highest BCUT2D eigenvalue weighted by molar-refractivity contribution is 9.09. The van der Waals surface area contributed by atoms with Gasteiger partial charge in [0.25, 0.3) is 0 Å². The lowest BCUT2D eigenvalue weighted by Crippen LogP contribution is -2.14. The minimum atomic E-state index is 0.143. The molecule has 0 amide bonds. The van der Waals surface area contributed by atoms with E-state index < -0.39 is 0 Å². The fraction of sp³-hybridized carbons (Fsp3) is 0.333. The molecule has 1 aromatic carbocycles. The molecule has 18 heavy (non-hydrogen) atoms. The molecule has 96 valence electrons. The fourth-order valence-corrected chi connectivity index (χ4v) is 3.91. The summed E-state index contributed by atoms with van der Waals surface area (Å²) in [7, 11) is 0. The van der Waals surface area contributed by atoms with Crippen molar-refractivity contribution >= 4 is 38.9 Å². The van der Waals surface area contributed by atoms with E-state index in [1.807, 2.05) is 6.07 Å². The van der Waals surface area contributed by atoms with Crippen LogP contribution in [0.4, 0.5) is 0 Å². The third kappa shape index (κ3) is 2.98. The van der Waals surface area contributed by atoms with E-state index >= 15 is 0 Å². The number of hydrogen-bond donors (Lipinski definition) is 0. The second-order valence-electron chi connectivity index (χ2n) is 5.34. The van der Waals surface area contributed by atoms with Gasteiger partial charge in [-0.25, -0.2) is 0 Å². The number of hydrogen-bond acceptors (Lipinski definition) is 1. The van der Waals surface area contributed by atoms with E-state index in [2.05, 4.69) is 67.0 Å². The van der Waals surface area contributed by atoms with Crippen molar-refractivity contribution in [1.29, 1.82) is 0 Å². The van der Waals surface area contributed by atoms with Gasteiger partial charge in [-0.15, -0.1) is 11.3 Å². The molecule has 0 aliphatic carbocycles. The predicted molar refractivity (Wildman–Crippen MR) is 85.2 cm³/mol. The van der Waals surface area contributed by atoms with Gasteiger partial charge in [-0.2, -0.15) is 0 Å². The summed E-state index contributed by atoms with van der Waals surface area (Å²) in [6.45, 7) is 6.73. The molecule has 1 heterocycles. The molecule has 0 bridgehead atoms. The van der Waals surface area contributed by atoms with E-state index in [0.29, 0.717) is 0 Å². The third-order valence-electron chi connectivity index (χ3n) is 2.89. The van der Waals surface area contributed by atoms with Gasteiger partial charge in [-0.05, 0) is 28.7 Å². The Morgan fingerprint density at radius 3 is 2.33 bits per heavy atom. The van der Waals surface area contributed by atoms with Crippen LogP contribution >= 0.6 is 38.9 Å². The van der Waals surface area contributed by atoms with Crippen LogP contribution in [-0.4, -0.2) is 0 Å². The van der Waals surface area contributed by atoms with Gasteiger partial charge in [0.2, 0.25) is 0 Å². The first kappa shape index (κ1) is 14.1. The maximum atomic E-state index is 6.02. The van der Waals surface area contributed by atoms with Crippen molar-refractivity contribution in [2.24, 2.45) is 0 Å². The highest BCUT2D eigenvalue weighted by atomic mass is 79.9. The molecule has 3 heteroatoms. The minimum absolute atomic E-state index is 0.143. The van der Waals surface area contributed by atoms with E-state index in [4.69, 9.17) is 11.6 Å². The van der Waals surface area contributed by atoms with Crippen LogP contribution in [0.3, 0.4) is 0 Å². The molecule has 1 atom stereocenters. The lowest BCUT2D eigenvalue weighted by Gasteiger charge is -2.24. The standard InChI is InChI=1S/C15H16BrClS/c1-15(2,3)11-7-5-4-6-10(11)14(16)12-8-9-13(17)18-12/h4-9,14H,1-3H3. The zero-order valence-corrected chi connectivity index (χ0v) is 13.9. The predicted octanol–water partition coefficient (Wildman–Crippen LogP) is 6.18. The van der Waals surface area contributed by atoms with Crippen molar-refractivity contribution in [1.82, 2.24) is 0 Å². The topological polar surface area (TPSA) is 0 Å². The Morgan fingerprint density at radius 2 is 1.78 bits per heavy atom. The van der Waals surface area contributed by atoms with E-state index in [1.54, 1.807) is 11.3 Å². The highest BCUT2D eigenvalue weighted by Gasteiger charge is 2.22. The number of thiophene rings is 1. The van der Waals surface area contributed by atoms with E-state index in [-0.39, 0.29) is 10.2 Å². The van der Waals surface area contributed by atoms with Crippen molar-refractivity contribution in [2.75, 3.05) is 0 Å². The van der Waals surface area contributed by atoms with Crippen LogP contribution < -0.4 is 0 Å². The normalized spacial score (nSPS) is 13.6. The van der Waals surface area contributed by atoms with Crippen LogP contribution in [0.1, 0.15) is 41.6 Å². The van der Waals surface area contributed by atoms with Crippen molar-refractivity contribution in [2.45, 2.75) is 31.0 Å². The largest absolute Gasteiger partial charge is 0.127 e. The summed E-state index contributed by atoms with van der Waals surface area (Å²) in [5, 5.41) is 0. The second-order valence-corrected chi connectivity index (χ2v) is 8.00. The summed E-state index contributed by atoms with van der Waals surface area (Å²) in [6.07, 6.45) is 0. The maximum Gasteiger partial charge on any atom is 0.0931 e. The smallest absolute Gasteiger partial charge is 0.0931 e. The van der Waals surface area contributed by atoms with Crippen LogP contribution in [0.2, 0.25) is 4.34 Å². The van der Waals surface area contributed by atoms with Crippen molar-refractivity contribution in [3.8, 4) is 0 Å². The lowest BCUT2D eigenvalue weighted by molar-refractivity contribution is 0.584. The monoisotopic (exact) mass is 342 g/mol. The summed E-state index contributed by atoms with van der Waals surface area (Å²) in [5.41, 5.74) is 2.84.